The van der Waals surface area contributed by atoms with Gasteiger partial charge in [0.1, 0.15) is 12.6 Å². The van der Waals surface area contributed by atoms with Gasteiger partial charge in [-0.15, -0.1) is 0 Å². The summed E-state index contributed by atoms with van der Waals surface area (Å²) in [7, 11) is 0. The normalized spacial score (nSPS) is 32.6. The van der Waals surface area contributed by atoms with Crippen LogP contribution in [-0.2, 0) is 4.74 Å². The lowest BCUT2D eigenvalue weighted by molar-refractivity contribution is -0.386. The number of hydrogen-bond acceptors (Lipinski definition) is 2. The summed E-state index contributed by atoms with van der Waals surface area (Å²) in [6.07, 6.45) is 3.45. The minimum absolute atomic E-state index is 0.324. The first kappa shape index (κ1) is 12.9. The molecule has 3 heteroatoms. The zero-order valence-electron chi connectivity index (χ0n) is 10.3. The van der Waals surface area contributed by atoms with Crippen LogP contribution in [0.4, 0.5) is 0 Å². The van der Waals surface area contributed by atoms with Crippen LogP contribution in [0, 0.1) is 11.3 Å². The lowest BCUT2D eigenvalue weighted by Gasteiger charge is -2.38. The maximum Gasteiger partial charge on any atom is 0.126 e. The van der Waals surface area contributed by atoms with Crippen molar-refractivity contribution < 1.29 is 15.6 Å². The van der Waals surface area contributed by atoms with E-state index in [2.05, 4.69) is 26.5 Å². The summed E-state index contributed by atoms with van der Waals surface area (Å²) in [6.45, 7) is 7.87. The van der Waals surface area contributed by atoms with E-state index in [4.69, 9.17) is 4.74 Å². The quantitative estimate of drug-likeness (QED) is 0.731. The second-order valence-corrected chi connectivity index (χ2v) is 5.81. The van der Waals surface area contributed by atoms with E-state index in [9.17, 15) is 5.11 Å². The van der Waals surface area contributed by atoms with Gasteiger partial charge >= 0.3 is 0 Å². The zero-order chi connectivity index (χ0) is 11.5. The maximum absolute atomic E-state index is 9.40. The molecule has 0 saturated heterocycles. The van der Waals surface area contributed by atoms with Gasteiger partial charge in [-0.2, -0.15) is 0 Å². The number of quaternary nitrogens is 1. The van der Waals surface area contributed by atoms with Crippen LogP contribution < -0.4 is 5.73 Å². The van der Waals surface area contributed by atoms with Crippen molar-refractivity contribution in [1.82, 2.24) is 0 Å². The van der Waals surface area contributed by atoms with E-state index < -0.39 is 6.10 Å². The van der Waals surface area contributed by atoms with E-state index in [0.29, 0.717) is 24.7 Å². The molecule has 0 aromatic rings. The molecule has 0 aromatic heterocycles. The third-order valence-corrected chi connectivity index (χ3v) is 3.20. The molecule has 3 atom stereocenters. The van der Waals surface area contributed by atoms with Gasteiger partial charge in [0.05, 0.1) is 12.7 Å². The van der Waals surface area contributed by atoms with Crippen LogP contribution in [-0.4, -0.2) is 30.5 Å². The van der Waals surface area contributed by atoms with E-state index in [1.54, 1.807) is 0 Å². The summed E-state index contributed by atoms with van der Waals surface area (Å²) in [5.74, 6) is 0.732. The van der Waals surface area contributed by atoms with Crippen molar-refractivity contribution in [2.45, 2.75) is 52.2 Å². The molecule has 1 rings (SSSR count). The molecule has 15 heavy (non-hydrogen) atoms. The fraction of sp³-hybridized carbons (Fsp3) is 1.00. The first-order valence-electron chi connectivity index (χ1n) is 6.02. The molecule has 0 spiro atoms. The van der Waals surface area contributed by atoms with Crippen molar-refractivity contribution in [1.29, 1.82) is 0 Å². The van der Waals surface area contributed by atoms with E-state index >= 15 is 0 Å². The fourth-order valence-electron chi connectivity index (χ4n) is 2.72. The number of rotatable bonds is 4. The van der Waals surface area contributed by atoms with Crippen LogP contribution in [0.2, 0.25) is 0 Å². The third kappa shape index (κ3) is 4.49. The topological polar surface area (TPSA) is 57.1 Å². The smallest absolute Gasteiger partial charge is 0.126 e. The highest BCUT2D eigenvalue weighted by Gasteiger charge is 2.32. The molecule has 3 nitrogen and oxygen atoms in total. The van der Waals surface area contributed by atoms with Gasteiger partial charge in [-0.05, 0) is 30.6 Å². The molecular formula is C12H26NO2+. The Kier molecular flexibility index (Phi) is 4.56. The Labute approximate surface area is 93.0 Å². The van der Waals surface area contributed by atoms with Gasteiger partial charge in [-0.3, -0.25) is 0 Å². The second kappa shape index (κ2) is 5.28. The summed E-state index contributed by atoms with van der Waals surface area (Å²) in [6, 6.07) is 0. The second-order valence-electron chi connectivity index (χ2n) is 5.81. The van der Waals surface area contributed by atoms with Gasteiger partial charge in [0, 0.05) is 0 Å². The Morgan fingerprint density at radius 3 is 2.67 bits per heavy atom. The molecule has 0 bridgehead atoms. The van der Waals surface area contributed by atoms with E-state index in [1.165, 1.54) is 6.42 Å². The minimum atomic E-state index is -0.398. The number of hydrogen-bond donors (Lipinski definition) is 2. The average molecular weight is 216 g/mol. The van der Waals surface area contributed by atoms with Crippen molar-refractivity contribution in [3.63, 3.8) is 0 Å². The zero-order valence-corrected chi connectivity index (χ0v) is 10.3. The lowest BCUT2D eigenvalue weighted by Crippen LogP contribution is -2.56. The lowest BCUT2D eigenvalue weighted by atomic mass is 9.71. The number of aliphatic hydroxyl groups excluding tert-OH is 1. The molecule has 0 aromatic carbocycles. The Bertz CT molecular complexity index is 194. The Morgan fingerprint density at radius 2 is 2.13 bits per heavy atom. The van der Waals surface area contributed by atoms with Gasteiger partial charge in [0.2, 0.25) is 0 Å². The van der Waals surface area contributed by atoms with Gasteiger partial charge < -0.3 is 15.6 Å². The van der Waals surface area contributed by atoms with Crippen LogP contribution in [0.3, 0.4) is 0 Å². The first-order chi connectivity index (χ1) is 6.93. The van der Waals surface area contributed by atoms with Crippen molar-refractivity contribution in [3.05, 3.63) is 0 Å². The summed E-state index contributed by atoms with van der Waals surface area (Å²) >= 11 is 0. The van der Waals surface area contributed by atoms with Gasteiger partial charge in [0.25, 0.3) is 0 Å². The van der Waals surface area contributed by atoms with Gasteiger partial charge in [-0.25, -0.2) is 0 Å². The molecule has 1 aliphatic carbocycles. The van der Waals surface area contributed by atoms with Crippen molar-refractivity contribution >= 4 is 0 Å². The Balaban J connectivity index is 2.35. The van der Waals surface area contributed by atoms with Crippen molar-refractivity contribution in [3.8, 4) is 0 Å². The molecule has 90 valence electrons. The molecule has 0 heterocycles. The Morgan fingerprint density at radius 1 is 1.47 bits per heavy atom. The molecule has 1 aliphatic rings. The molecule has 0 radical (unpaired) electrons. The molecule has 1 fully saturated rings. The Hall–Kier alpha value is -0.120. The molecule has 0 unspecified atom stereocenters. The highest BCUT2D eigenvalue weighted by Crippen LogP contribution is 2.39. The molecule has 0 amide bonds. The van der Waals surface area contributed by atoms with Crippen LogP contribution in [0.25, 0.3) is 0 Å². The molecule has 4 N–H and O–H groups in total. The summed E-state index contributed by atoms with van der Waals surface area (Å²) in [4.78, 5) is 0. The SMILES string of the molecule is C[C@@H]1C[C@@H](OC[C@H](O)C[NH3+])CC(C)(C)C1. The molecule has 0 aliphatic heterocycles. The van der Waals surface area contributed by atoms with Gasteiger partial charge in [-0.1, -0.05) is 20.8 Å². The maximum atomic E-state index is 9.40. The standard InChI is InChI=1S/C12H25NO2/c1-9-4-11(6-12(2,3)5-9)15-8-10(14)7-13/h9-11,14H,4-8,13H2,1-3H3/p+1/t9-,10-,11-/m1/s1. The molecular weight excluding hydrogens is 190 g/mol. The monoisotopic (exact) mass is 216 g/mol. The predicted molar refractivity (Wildman–Crippen MR) is 60.3 cm³/mol. The van der Waals surface area contributed by atoms with Crippen molar-refractivity contribution in [2.24, 2.45) is 11.3 Å². The fourth-order valence-corrected chi connectivity index (χ4v) is 2.72. The van der Waals surface area contributed by atoms with E-state index in [1.807, 2.05) is 0 Å². The minimum Gasteiger partial charge on any atom is -0.385 e. The van der Waals surface area contributed by atoms with Gasteiger partial charge in [0.15, 0.2) is 0 Å². The first-order valence-corrected chi connectivity index (χ1v) is 6.02. The van der Waals surface area contributed by atoms with Crippen LogP contribution in [0.5, 0.6) is 0 Å². The van der Waals surface area contributed by atoms with E-state index in [0.717, 1.165) is 18.8 Å². The molecule has 1 saturated carbocycles. The number of ether oxygens (including phenoxy) is 1. The largest absolute Gasteiger partial charge is 0.385 e. The van der Waals surface area contributed by atoms with Crippen molar-refractivity contribution in [2.75, 3.05) is 13.2 Å². The van der Waals surface area contributed by atoms with Crippen LogP contribution >= 0.6 is 0 Å². The average Bonchev–Trinajstić information content (AvgIpc) is 2.11. The summed E-state index contributed by atoms with van der Waals surface area (Å²) < 4.78 is 5.75. The highest BCUT2D eigenvalue weighted by atomic mass is 16.5. The van der Waals surface area contributed by atoms with Crippen LogP contribution in [0.15, 0.2) is 0 Å². The number of aliphatic hydroxyl groups is 1. The summed E-state index contributed by atoms with van der Waals surface area (Å²) in [5.41, 5.74) is 4.05. The van der Waals surface area contributed by atoms with E-state index in [-0.39, 0.29) is 0 Å². The highest BCUT2D eigenvalue weighted by molar-refractivity contribution is 4.83. The third-order valence-electron chi connectivity index (χ3n) is 3.20. The predicted octanol–water partition coefficient (Wildman–Crippen LogP) is 0.821. The van der Waals surface area contributed by atoms with Crippen LogP contribution in [0.1, 0.15) is 40.0 Å². The summed E-state index contributed by atoms with van der Waals surface area (Å²) in [5, 5.41) is 9.40.